The molecule has 1 amide bonds. The van der Waals surface area contributed by atoms with Crippen molar-refractivity contribution in [3.8, 4) is 11.4 Å². The second-order valence-corrected chi connectivity index (χ2v) is 8.22. The van der Waals surface area contributed by atoms with E-state index in [1.165, 1.54) is 11.3 Å². The number of hydrogen-bond donors (Lipinski definition) is 1. The van der Waals surface area contributed by atoms with Crippen LogP contribution < -0.4 is 5.32 Å². The molecule has 0 spiro atoms. The van der Waals surface area contributed by atoms with Gasteiger partial charge >= 0.3 is 0 Å². The first kappa shape index (κ1) is 20.5. The van der Waals surface area contributed by atoms with Crippen LogP contribution in [-0.4, -0.2) is 26.0 Å². The SMILES string of the molecule is O=C(CCc1nc(-c2ccncc2)no1)Nc1ncc(Cc2cccc(Cl)c2Cl)s1. The first-order valence-electron chi connectivity index (χ1n) is 8.99. The number of amides is 1. The van der Waals surface area contributed by atoms with Gasteiger partial charge in [0.05, 0.1) is 10.0 Å². The number of nitrogens with one attached hydrogen (secondary N) is 1. The Hall–Kier alpha value is -2.81. The smallest absolute Gasteiger partial charge is 0.227 e. The van der Waals surface area contributed by atoms with Crippen molar-refractivity contribution in [3.05, 3.63) is 75.3 Å². The summed E-state index contributed by atoms with van der Waals surface area (Å²) >= 11 is 13.7. The molecule has 0 aliphatic carbocycles. The molecule has 152 valence electrons. The van der Waals surface area contributed by atoms with Gasteiger partial charge in [-0.1, -0.05) is 40.5 Å². The van der Waals surface area contributed by atoms with E-state index in [1.54, 1.807) is 36.8 Å². The zero-order valence-electron chi connectivity index (χ0n) is 15.5. The minimum absolute atomic E-state index is 0.180. The monoisotopic (exact) mass is 459 g/mol. The Balaban J connectivity index is 1.31. The number of benzene rings is 1. The molecule has 0 fully saturated rings. The zero-order valence-corrected chi connectivity index (χ0v) is 17.8. The van der Waals surface area contributed by atoms with Crippen LogP contribution in [-0.2, 0) is 17.6 Å². The summed E-state index contributed by atoms with van der Waals surface area (Å²) in [5, 5.41) is 8.29. The van der Waals surface area contributed by atoms with E-state index in [1.807, 2.05) is 12.1 Å². The molecule has 0 atom stereocenters. The van der Waals surface area contributed by atoms with Crippen molar-refractivity contribution in [2.75, 3.05) is 5.32 Å². The molecule has 3 aromatic heterocycles. The standard InChI is InChI=1S/C20H15Cl2N5O2S/c21-15-3-1-2-13(18(15)22)10-14-11-24-20(30-14)25-16(28)4-5-17-26-19(27-29-17)12-6-8-23-9-7-12/h1-3,6-9,11H,4-5,10H2,(H,24,25,28). The van der Waals surface area contributed by atoms with Crippen LogP contribution in [0.15, 0.2) is 53.4 Å². The fourth-order valence-corrected chi connectivity index (χ4v) is 3.94. The highest BCUT2D eigenvalue weighted by Gasteiger charge is 2.13. The van der Waals surface area contributed by atoms with Crippen molar-refractivity contribution in [3.63, 3.8) is 0 Å². The molecule has 30 heavy (non-hydrogen) atoms. The third-order valence-electron chi connectivity index (χ3n) is 4.17. The zero-order chi connectivity index (χ0) is 20.9. The Kier molecular flexibility index (Phi) is 6.37. The molecule has 3 heterocycles. The van der Waals surface area contributed by atoms with Crippen molar-refractivity contribution in [2.45, 2.75) is 19.3 Å². The van der Waals surface area contributed by atoms with Crippen molar-refractivity contribution >= 4 is 45.6 Å². The molecule has 0 unspecified atom stereocenters. The maximum atomic E-state index is 12.2. The summed E-state index contributed by atoms with van der Waals surface area (Å²) in [4.78, 5) is 25.7. The molecule has 0 aliphatic rings. The van der Waals surface area contributed by atoms with Gasteiger partial charge in [0.1, 0.15) is 0 Å². The molecule has 7 nitrogen and oxygen atoms in total. The number of nitrogens with zero attached hydrogens (tertiary/aromatic N) is 4. The number of carbonyl (C=O) groups is 1. The van der Waals surface area contributed by atoms with Crippen LogP contribution in [0.3, 0.4) is 0 Å². The molecule has 0 radical (unpaired) electrons. The lowest BCUT2D eigenvalue weighted by Crippen LogP contribution is -2.12. The quantitative estimate of drug-likeness (QED) is 0.415. The predicted octanol–water partition coefficient (Wildman–Crippen LogP) is 5.06. The number of aromatic nitrogens is 4. The van der Waals surface area contributed by atoms with E-state index < -0.39 is 0 Å². The van der Waals surface area contributed by atoms with Gasteiger partial charge in [0.25, 0.3) is 0 Å². The molecule has 4 rings (SSSR count). The Morgan fingerprint density at radius 1 is 1.17 bits per heavy atom. The van der Waals surface area contributed by atoms with Gasteiger partial charge < -0.3 is 9.84 Å². The van der Waals surface area contributed by atoms with Crippen LogP contribution in [0.2, 0.25) is 10.0 Å². The molecular weight excluding hydrogens is 445 g/mol. The highest BCUT2D eigenvalue weighted by atomic mass is 35.5. The fraction of sp³-hybridized carbons (Fsp3) is 0.150. The summed E-state index contributed by atoms with van der Waals surface area (Å²) in [6.07, 6.45) is 6.15. The number of anilines is 1. The van der Waals surface area contributed by atoms with Crippen molar-refractivity contribution in [1.82, 2.24) is 20.1 Å². The largest absolute Gasteiger partial charge is 0.339 e. The molecule has 0 aliphatic heterocycles. The normalized spacial score (nSPS) is 10.9. The summed E-state index contributed by atoms with van der Waals surface area (Å²) in [5.41, 5.74) is 1.71. The number of carbonyl (C=O) groups excluding carboxylic acids is 1. The van der Waals surface area contributed by atoms with Crippen LogP contribution in [0.25, 0.3) is 11.4 Å². The number of rotatable bonds is 7. The van der Waals surface area contributed by atoms with Crippen LogP contribution in [0.1, 0.15) is 22.8 Å². The topological polar surface area (TPSA) is 93.8 Å². The Labute approximate surface area is 186 Å². The molecule has 0 saturated carbocycles. The maximum absolute atomic E-state index is 12.2. The molecule has 1 aromatic carbocycles. The molecular formula is C20H15Cl2N5O2S. The van der Waals surface area contributed by atoms with E-state index in [2.05, 4.69) is 25.4 Å². The van der Waals surface area contributed by atoms with Gasteiger partial charge in [-0.15, -0.1) is 11.3 Å². The number of thiazole rings is 1. The Bertz CT molecular complexity index is 1160. The van der Waals surface area contributed by atoms with Gasteiger partial charge in [0.2, 0.25) is 17.6 Å². The number of pyridine rings is 1. The highest BCUT2D eigenvalue weighted by molar-refractivity contribution is 7.15. The lowest BCUT2D eigenvalue weighted by atomic mass is 10.1. The van der Waals surface area contributed by atoms with Crippen LogP contribution in [0.4, 0.5) is 5.13 Å². The van der Waals surface area contributed by atoms with E-state index in [9.17, 15) is 4.79 Å². The van der Waals surface area contributed by atoms with E-state index in [4.69, 9.17) is 27.7 Å². The first-order valence-corrected chi connectivity index (χ1v) is 10.6. The minimum Gasteiger partial charge on any atom is -0.339 e. The minimum atomic E-state index is -0.180. The van der Waals surface area contributed by atoms with E-state index in [0.717, 1.165) is 16.0 Å². The fourth-order valence-electron chi connectivity index (χ4n) is 2.70. The van der Waals surface area contributed by atoms with E-state index in [-0.39, 0.29) is 12.3 Å². The summed E-state index contributed by atoms with van der Waals surface area (Å²) in [5.74, 6) is 0.685. The molecule has 0 bridgehead atoms. The number of halogens is 2. The maximum Gasteiger partial charge on any atom is 0.227 e. The van der Waals surface area contributed by atoms with E-state index in [0.29, 0.717) is 39.7 Å². The average molecular weight is 460 g/mol. The van der Waals surface area contributed by atoms with Gasteiger partial charge in [-0.05, 0) is 23.8 Å². The summed E-state index contributed by atoms with van der Waals surface area (Å²) in [6, 6.07) is 9.09. The van der Waals surface area contributed by atoms with Gasteiger partial charge in [0, 0.05) is 48.3 Å². The Morgan fingerprint density at radius 3 is 2.83 bits per heavy atom. The van der Waals surface area contributed by atoms with Crippen LogP contribution >= 0.6 is 34.5 Å². The molecule has 4 aromatic rings. The van der Waals surface area contributed by atoms with Gasteiger partial charge in [0.15, 0.2) is 5.13 Å². The number of aryl methyl sites for hydroxylation is 1. The van der Waals surface area contributed by atoms with Crippen LogP contribution in [0.5, 0.6) is 0 Å². The van der Waals surface area contributed by atoms with Gasteiger partial charge in [-0.2, -0.15) is 4.98 Å². The highest BCUT2D eigenvalue weighted by Crippen LogP contribution is 2.29. The second-order valence-electron chi connectivity index (χ2n) is 6.32. The first-order chi connectivity index (χ1) is 14.6. The van der Waals surface area contributed by atoms with Crippen LogP contribution in [0, 0.1) is 0 Å². The third-order valence-corrected chi connectivity index (χ3v) is 5.94. The molecule has 1 N–H and O–H groups in total. The predicted molar refractivity (Wildman–Crippen MR) is 116 cm³/mol. The Morgan fingerprint density at radius 2 is 2.00 bits per heavy atom. The average Bonchev–Trinajstić information content (AvgIpc) is 3.40. The van der Waals surface area contributed by atoms with Crippen molar-refractivity contribution < 1.29 is 9.32 Å². The lowest BCUT2D eigenvalue weighted by Gasteiger charge is -2.03. The number of hydrogen-bond acceptors (Lipinski definition) is 7. The summed E-state index contributed by atoms with van der Waals surface area (Å²) in [6.45, 7) is 0. The lowest BCUT2D eigenvalue weighted by molar-refractivity contribution is -0.116. The summed E-state index contributed by atoms with van der Waals surface area (Å²) < 4.78 is 5.21. The summed E-state index contributed by atoms with van der Waals surface area (Å²) in [7, 11) is 0. The second kappa shape index (κ2) is 9.34. The van der Waals surface area contributed by atoms with Gasteiger partial charge in [-0.3, -0.25) is 9.78 Å². The van der Waals surface area contributed by atoms with Crippen molar-refractivity contribution in [1.29, 1.82) is 0 Å². The molecule has 10 heteroatoms. The van der Waals surface area contributed by atoms with Gasteiger partial charge in [-0.25, -0.2) is 4.98 Å². The third kappa shape index (κ3) is 5.02. The van der Waals surface area contributed by atoms with Crippen molar-refractivity contribution in [2.24, 2.45) is 0 Å². The van der Waals surface area contributed by atoms with E-state index >= 15 is 0 Å². The molecule has 0 saturated heterocycles.